The number of hydrogen-bond acceptors (Lipinski definition) is 4. The van der Waals surface area contributed by atoms with Crippen LogP contribution in [-0.4, -0.2) is 46.5 Å². The Labute approximate surface area is 127 Å². The average molecular weight is 303 g/mol. The fraction of sp³-hybridized carbons (Fsp3) is 0.400. The van der Waals surface area contributed by atoms with E-state index in [1.165, 1.54) is 0 Å². The third kappa shape index (κ3) is 2.12. The number of piperazine rings is 1. The molecule has 1 unspecified atom stereocenters. The topological polar surface area (TPSA) is 49.3 Å². The van der Waals surface area contributed by atoms with Gasteiger partial charge in [-0.3, -0.25) is 4.79 Å². The molecule has 2 aliphatic heterocycles. The Balaban J connectivity index is 1.72. The summed E-state index contributed by atoms with van der Waals surface area (Å²) in [5, 5.41) is 1.29. The summed E-state index contributed by atoms with van der Waals surface area (Å²) < 4.78 is 0. The van der Waals surface area contributed by atoms with E-state index in [4.69, 9.17) is 11.6 Å². The number of aromatic nitrogens is 2. The number of fused-ring (bicyclic) bond motifs is 2. The first-order valence-electron chi connectivity index (χ1n) is 7.19. The Morgan fingerprint density at radius 3 is 2.95 bits per heavy atom. The second-order valence-corrected chi connectivity index (χ2v) is 5.90. The Morgan fingerprint density at radius 2 is 2.05 bits per heavy atom. The van der Waals surface area contributed by atoms with E-state index >= 15 is 0 Å². The molecule has 2 aromatic rings. The summed E-state index contributed by atoms with van der Waals surface area (Å²) in [5.41, 5.74) is 0.859. The molecule has 4 rings (SSSR count). The zero-order valence-electron chi connectivity index (χ0n) is 11.5. The van der Waals surface area contributed by atoms with E-state index in [0.717, 1.165) is 42.8 Å². The lowest BCUT2D eigenvalue weighted by molar-refractivity contribution is -0.129. The molecule has 0 spiro atoms. The van der Waals surface area contributed by atoms with E-state index in [1.807, 2.05) is 29.2 Å². The fourth-order valence-electron chi connectivity index (χ4n) is 3.33. The minimum Gasteiger partial charge on any atom is -0.352 e. The molecule has 0 N–H and O–H groups in total. The van der Waals surface area contributed by atoms with Gasteiger partial charge < -0.3 is 9.80 Å². The number of carbonyl (C=O) groups excluding carboxylic acids is 1. The number of rotatable bonds is 1. The molecular weight excluding hydrogens is 288 g/mol. The zero-order valence-corrected chi connectivity index (χ0v) is 12.3. The molecule has 6 heteroatoms. The van der Waals surface area contributed by atoms with Crippen molar-refractivity contribution < 1.29 is 4.79 Å². The van der Waals surface area contributed by atoms with E-state index in [0.29, 0.717) is 12.5 Å². The molecule has 1 aromatic heterocycles. The number of benzene rings is 1. The predicted octanol–water partition coefficient (Wildman–Crippen LogP) is 2.09. The molecule has 1 atom stereocenters. The van der Waals surface area contributed by atoms with Crippen LogP contribution >= 0.6 is 11.6 Å². The lowest BCUT2D eigenvalue weighted by atomic mass is 10.1. The SMILES string of the molecule is O=C1CCC2CN(c3nc(Cl)nc4ccccc34)CCN12. The van der Waals surface area contributed by atoms with Gasteiger partial charge in [0.2, 0.25) is 11.2 Å². The highest BCUT2D eigenvalue weighted by atomic mass is 35.5. The van der Waals surface area contributed by atoms with Crippen LogP contribution in [0.15, 0.2) is 24.3 Å². The second-order valence-electron chi connectivity index (χ2n) is 5.56. The van der Waals surface area contributed by atoms with Gasteiger partial charge in [0.25, 0.3) is 0 Å². The van der Waals surface area contributed by atoms with E-state index in [2.05, 4.69) is 14.9 Å². The van der Waals surface area contributed by atoms with Crippen LogP contribution in [0.4, 0.5) is 5.82 Å². The van der Waals surface area contributed by atoms with Gasteiger partial charge >= 0.3 is 0 Å². The van der Waals surface area contributed by atoms with Crippen molar-refractivity contribution in [1.82, 2.24) is 14.9 Å². The van der Waals surface area contributed by atoms with Gasteiger partial charge in [-0.1, -0.05) is 12.1 Å². The van der Waals surface area contributed by atoms with Gasteiger partial charge in [-0.25, -0.2) is 4.98 Å². The molecule has 2 aliphatic rings. The monoisotopic (exact) mass is 302 g/mol. The molecule has 0 saturated carbocycles. The molecule has 5 nitrogen and oxygen atoms in total. The van der Waals surface area contributed by atoms with Gasteiger partial charge in [0.05, 0.1) is 5.52 Å². The smallest absolute Gasteiger partial charge is 0.224 e. The van der Waals surface area contributed by atoms with Gasteiger partial charge in [-0.2, -0.15) is 4.98 Å². The molecule has 3 heterocycles. The molecule has 1 aromatic carbocycles. The summed E-state index contributed by atoms with van der Waals surface area (Å²) in [7, 11) is 0. The van der Waals surface area contributed by atoms with Crippen molar-refractivity contribution in [3.8, 4) is 0 Å². The molecular formula is C15H15ClN4O. The number of amides is 1. The summed E-state index contributed by atoms with van der Waals surface area (Å²) in [5.74, 6) is 1.16. The molecule has 0 aliphatic carbocycles. The van der Waals surface area contributed by atoms with Crippen molar-refractivity contribution in [3.63, 3.8) is 0 Å². The number of halogens is 1. The van der Waals surface area contributed by atoms with E-state index < -0.39 is 0 Å². The second kappa shape index (κ2) is 4.84. The summed E-state index contributed by atoms with van der Waals surface area (Å²) in [6, 6.07) is 8.20. The standard InChI is InChI=1S/C15H15ClN4O/c16-15-17-12-4-2-1-3-11(12)14(18-15)19-7-8-20-10(9-19)5-6-13(20)21/h1-4,10H,5-9H2. The van der Waals surface area contributed by atoms with Gasteiger partial charge in [-0.05, 0) is 30.2 Å². The van der Waals surface area contributed by atoms with Crippen molar-refractivity contribution in [1.29, 1.82) is 0 Å². The lowest BCUT2D eigenvalue weighted by Crippen LogP contribution is -2.51. The largest absolute Gasteiger partial charge is 0.352 e. The van der Waals surface area contributed by atoms with Gasteiger partial charge in [0.1, 0.15) is 5.82 Å². The first kappa shape index (κ1) is 12.8. The molecule has 108 valence electrons. The first-order valence-corrected chi connectivity index (χ1v) is 7.57. The Hall–Kier alpha value is -1.88. The summed E-state index contributed by atoms with van der Waals surface area (Å²) in [6.45, 7) is 2.38. The van der Waals surface area contributed by atoms with Crippen LogP contribution in [0.25, 0.3) is 10.9 Å². The highest BCUT2D eigenvalue weighted by molar-refractivity contribution is 6.28. The fourth-order valence-corrected chi connectivity index (χ4v) is 3.50. The number of para-hydroxylation sites is 1. The van der Waals surface area contributed by atoms with Crippen LogP contribution in [0.3, 0.4) is 0 Å². The van der Waals surface area contributed by atoms with Crippen LogP contribution in [-0.2, 0) is 4.79 Å². The lowest BCUT2D eigenvalue weighted by Gasteiger charge is -2.38. The first-order chi connectivity index (χ1) is 10.2. The number of hydrogen-bond donors (Lipinski definition) is 0. The zero-order chi connectivity index (χ0) is 14.4. The molecule has 1 amide bonds. The third-order valence-electron chi connectivity index (χ3n) is 4.35. The van der Waals surface area contributed by atoms with Crippen LogP contribution in [0.1, 0.15) is 12.8 Å². The van der Waals surface area contributed by atoms with Crippen molar-refractivity contribution >= 4 is 34.2 Å². The van der Waals surface area contributed by atoms with E-state index in [-0.39, 0.29) is 11.2 Å². The normalized spacial score (nSPS) is 22.0. The minimum atomic E-state index is 0.272. The van der Waals surface area contributed by atoms with E-state index in [9.17, 15) is 4.79 Å². The van der Waals surface area contributed by atoms with Crippen molar-refractivity contribution in [3.05, 3.63) is 29.5 Å². The predicted molar refractivity (Wildman–Crippen MR) is 81.5 cm³/mol. The maximum Gasteiger partial charge on any atom is 0.224 e. The molecule has 21 heavy (non-hydrogen) atoms. The van der Waals surface area contributed by atoms with Crippen LogP contribution in [0.5, 0.6) is 0 Å². The quantitative estimate of drug-likeness (QED) is 0.757. The molecule has 2 fully saturated rings. The van der Waals surface area contributed by atoms with Gasteiger partial charge in [-0.15, -0.1) is 0 Å². The number of anilines is 1. The van der Waals surface area contributed by atoms with Gasteiger partial charge in [0, 0.05) is 37.5 Å². The Bertz CT molecular complexity index is 720. The average Bonchev–Trinajstić information content (AvgIpc) is 2.87. The highest BCUT2D eigenvalue weighted by Crippen LogP contribution is 2.30. The Kier molecular flexibility index (Phi) is 2.96. The van der Waals surface area contributed by atoms with Gasteiger partial charge in [0.15, 0.2) is 0 Å². The van der Waals surface area contributed by atoms with Crippen molar-refractivity contribution in [2.24, 2.45) is 0 Å². The van der Waals surface area contributed by atoms with Crippen LogP contribution < -0.4 is 4.90 Å². The van der Waals surface area contributed by atoms with Crippen LogP contribution in [0, 0.1) is 0 Å². The van der Waals surface area contributed by atoms with Crippen LogP contribution in [0.2, 0.25) is 5.28 Å². The minimum absolute atomic E-state index is 0.272. The molecule has 0 radical (unpaired) electrons. The summed E-state index contributed by atoms with van der Waals surface area (Å²) in [6.07, 6.45) is 1.61. The van der Waals surface area contributed by atoms with Crippen molar-refractivity contribution in [2.45, 2.75) is 18.9 Å². The highest BCUT2D eigenvalue weighted by Gasteiger charge is 2.36. The maximum absolute atomic E-state index is 11.8. The van der Waals surface area contributed by atoms with Crippen molar-refractivity contribution in [2.75, 3.05) is 24.5 Å². The number of carbonyl (C=O) groups is 1. The Morgan fingerprint density at radius 1 is 1.19 bits per heavy atom. The summed E-state index contributed by atoms with van der Waals surface area (Å²) in [4.78, 5) is 24.7. The number of nitrogens with zero attached hydrogens (tertiary/aromatic N) is 4. The molecule has 0 bridgehead atoms. The van der Waals surface area contributed by atoms with E-state index in [1.54, 1.807) is 0 Å². The summed E-state index contributed by atoms with van der Waals surface area (Å²) >= 11 is 6.06. The molecule has 2 saturated heterocycles. The maximum atomic E-state index is 11.8. The third-order valence-corrected chi connectivity index (χ3v) is 4.52.